The van der Waals surface area contributed by atoms with Crippen LogP contribution in [0.1, 0.15) is 48.7 Å². The molecule has 2 aliphatic carbocycles. The third kappa shape index (κ3) is 3.61. The number of fused-ring (bicyclic) bond motifs is 1. The van der Waals surface area contributed by atoms with E-state index >= 15 is 0 Å². The molecule has 0 bridgehead atoms. The van der Waals surface area contributed by atoms with Gasteiger partial charge in [0.25, 0.3) is 5.69 Å². The average Bonchev–Trinajstić information content (AvgIpc) is 3.35. The highest BCUT2D eigenvalue weighted by Gasteiger charge is 2.32. The molecular weight excluding hydrogens is 392 g/mol. The first-order valence-corrected chi connectivity index (χ1v) is 11.0. The number of aromatic nitrogens is 5. The van der Waals surface area contributed by atoms with Gasteiger partial charge in [-0.1, -0.05) is 0 Å². The molecule has 2 saturated carbocycles. The lowest BCUT2D eigenvalue weighted by Gasteiger charge is -2.35. The van der Waals surface area contributed by atoms with Crippen LogP contribution in [0.15, 0.2) is 12.3 Å². The molecule has 0 radical (unpaired) electrons. The van der Waals surface area contributed by atoms with Crippen LogP contribution in [0.4, 0.5) is 17.3 Å². The molecule has 3 aromatic heterocycles. The first-order valence-electron chi connectivity index (χ1n) is 11.0. The summed E-state index contributed by atoms with van der Waals surface area (Å²) in [6, 6.07) is 2.32. The summed E-state index contributed by atoms with van der Waals surface area (Å²) in [5.74, 6) is 1.87. The van der Waals surface area contributed by atoms with E-state index in [-0.39, 0.29) is 6.61 Å². The second kappa shape index (κ2) is 7.85. The van der Waals surface area contributed by atoms with E-state index in [1.54, 1.807) is 4.52 Å². The molecule has 162 valence electrons. The van der Waals surface area contributed by atoms with E-state index in [9.17, 15) is 5.11 Å². The van der Waals surface area contributed by atoms with Crippen molar-refractivity contribution in [2.45, 2.75) is 51.5 Å². The standard InChI is InChI=1S/C22H28N8O/c1-13-17(11-14-3-4-14)22-26-21(19(24-2)20(23)30(22)27-13)25-9-7-16-8-10-29(28-16)18-6-5-15(18)12-31/h8,10,14-15,18,31H,3-7,9,11-12,23H2,1H3,(H,25,26). The maximum atomic E-state index is 9.41. The molecule has 9 nitrogen and oxygen atoms in total. The highest BCUT2D eigenvalue weighted by molar-refractivity contribution is 5.80. The molecule has 2 atom stereocenters. The Bertz CT molecular complexity index is 1150. The maximum Gasteiger partial charge on any atom is 0.268 e. The molecule has 0 spiro atoms. The highest BCUT2D eigenvalue weighted by Crippen LogP contribution is 2.38. The molecule has 31 heavy (non-hydrogen) atoms. The van der Waals surface area contributed by atoms with Gasteiger partial charge < -0.3 is 16.2 Å². The van der Waals surface area contributed by atoms with E-state index < -0.39 is 0 Å². The quantitative estimate of drug-likeness (QED) is 0.483. The molecule has 2 fully saturated rings. The predicted molar refractivity (Wildman–Crippen MR) is 118 cm³/mol. The van der Waals surface area contributed by atoms with Gasteiger partial charge in [-0.3, -0.25) is 4.68 Å². The van der Waals surface area contributed by atoms with Crippen LogP contribution >= 0.6 is 0 Å². The summed E-state index contributed by atoms with van der Waals surface area (Å²) in [7, 11) is 0. The summed E-state index contributed by atoms with van der Waals surface area (Å²) in [6.45, 7) is 10.4. The molecule has 5 rings (SSSR count). The Balaban J connectivity index is 1.33. The van der Waals surface area contributed by atoms with Gasteiger partial charge in [0.15, 0.2) is 5.65 Å². The van der Waals surface area contributed by atoms with Crippen molar-refractivity contribution in [3.63, 3.8) is 0 Å². The lowest BCUT2D eigenvalue weighted by Crippen LogP contribution is -2.31. The number of aliphatic hydroxyl groups is 1. The fraction of sp³-hybridized carbons (Fsp3) is 0.545. The second-order valence-electron chi connectivity index (χ2n) is 8.80. The summed E-state index contributed by atoms with van der Waals surface area (Å²) >= 11 is 0. The highest BCUT2D eigenvalue weighted by atomic mass is 16.3. The van der Waals surface area contributed by atoms with Crippen LogP contribution in [-0.2, 0) is 12.8 Å². The topological polar surface area (TPSA) is 111 Å². The average molecular weight is 421 g/mol. The van der Waals surface area contributed by atoms with E-state index in [2.05, 4.69) is 20.4 Å². The van der Waals surface area contributed by atoms with Gasteiger partial charge in [0.2, 0.25) is 0 Å². The summed E-state index contributed by atoms with van der Waals surface area (Å²) in [6.07, 6.45) is 8.30. The number of nitrogens with zero attached hydrogens (tertiary/aromatic N) is 6. The number of nitrogens with two attached hydrogens (primary N) is 1. The number of rotatable bonds is 8. The van der Waals surface area contributed by atoms with Crippen LogP contribution in [0.3, 0.4) is 0 Å². The van der Waals surface area contributed by atoms with Crippen molar-refractivity contribution < 1.29 is 5.11 Å². The van der Waals surface area contributed by atoms with Gasteiger partial charge in [-0.05, 0) is 51.0 Å². The largest absolute Gasteiger partial charge is 0.396 e. The lowest BCUT2D eigenvalue weighted by molar-refractivity contribution is 0.0892. The van der Waals surface area contributed by atoms with Crippen molar-refractivity contribution in [3.05, 3.63) is 40.6 Å². The third-order valence-corrected chi connectivity index (χ3v) is 6.66. The zero-order chi connectivity index (χ0) is 21.5. The van der Waals surface area contributed by atoms with E-state index in [1.165, 1.54) is 12.8 Å². The van der Waals surface area contributed by atoms with E-state index in [4.69, 9.17) is 17.3 Å². The van der Waals surface area contributed by atoms with Gasteiger partial charge in [-0.2, -0.15) is 10.2 Å². The number of hydrogen-bond donors (Lipinski definition) is 3. The molecule has 0 amide bonds. The summed E-state index contributed by atoms with van der Waals surface area (Å²) < 4.78 is 3.59. The van der Waals surface area contributed by atoms with Gasteiger partial charge in [-0.25, -0.2) is 14.3 Å². The molecule has 3 aromatic rings. The Kier molecular flexibility index (Phi) is 5.02. The third-order valence-electron chi connectivity index (χ3n) is 6.66. The van der Waals surface area contributed by atoms with Crippen molar-refractivity contribution in [1.82, 2.24) is 24.4 Å². The molecule has 4 N–H and O–H groups in total. The van der Waals surface area contributed by atoms with Crippen molar-refractivity contribution in [1.29, 1.82) is 0 Å². The SMILES string of the molecule is [C-]#[N+]c1c(NCCc2ccn(C3CCC3CO)n2)nc2c(CC3CC3)c(C)nn2c1N. The zero-order valence-electron chi connectivity index (χ0n) is 17.8. The van der Waals surface area contributed by atoms with Crippen molar-refractivity contribution in [3.8, 4) is 0 Å². The minimum Gasteiger partial charge on any atom is -0.396 e. The summed E-state index contributed by atoms with van der Waals surface area (Å²) in [5.41, 5.74) is 10.4. The second-order valence-corrected chi connectivity index (χ2v) is 8.80. The fourth-order valence-corrected chi connectivity index (χ4v) is 4.41. The number of hydrogen-bond acceptors (Lipinski definition) is 6. The Hall–Kier alpha value is -3.12. The van der Waals surface area contributed by atoms with Gasteiger partial charge in [0.1, 0.15) is 11.6 Å². The van der Waals surface area contributed by atoms with Crippen LogP contribution in [0.5, 0.6) is 0 Å². The molecule has 2 unspecified atom stereocenters. The van der Waals surface area contributed by atoms with Crippen LogP contribution < -0.4 is 11.1 Å². The number of nitrogens with one attached hydrogen (secondary N) is 1. The van der Waals surface area contributed by atoms with Crippen molar-refractivity contribution >= 4 is 23.0 Å². The summed E-state index contributed by atoms with van der Waals surface area (Å²) in [5, 5.41) is 21.9. The summed E-state index contributed by atoms with van der Waals surface area (Å²) in [4.78, 5) is 8.38. The van der Waals surface area contributed by atoms with Crippen molar-refractivity contribution in [2.75, 3.05) is 24.2 Å². The van der Waals surface area contributed by atoms with E-state index in [1.807, 2.05) is 23.9 Å². The molecular formula is C22H28N8O. The smallest absolute Gasteiger partial charge is 0.268 e. The Morgan fingerprint density at radius 2 is 2.13 bits per heavy atom. The molecule has 3 heterocycles. The van der Waals surface area contributed by atoms with Gasteiger partial charge in [0.05, 0.1) is 24.0 Å². The normalized spacial score (nSPS) is 20.5. The minimum absolute atomic E-state index is 0.215. The fourth-order valence-electron chi connectivity index (χ4n) is 4.41. The lowest BCUT2D eigenvalue weighted by atomic mass is 9.80. The molecule has 2 aliphatic rings. The zero-order valence-corrected chi connectivity index (χ0v) is 17.8. The molecule has 9 heteroatoms. The Morgan fingerprint density at radius 3 is 2.81 bits per heavy atom. The van der Waals surface area contributed by atoms with Gasteiger partial charge in [0, 0.05) is 37.3 Å². The van der Waals surface area contributed by atoms with E-state index in [0.717, 1.165) is 41.9 Å². The van der Waals surface area contributed by atoms with Crippen LogP contribution in [0.2, 0.25) is 0 Å². The van der Waals surface area contributed by atoms with E-state index in [0.29, 0.717) is 48.2 Å². The number of anilines is 2. The minimum atomic E-state index is 0.215. The first-order chi connectivity index (χ1) is 15.1. The molecule has 0 aliphatic heterocycles. The van der Waals surface area contributed by atoms with Crippen molar-refractivity contribution in [2.24, 2.45) is 11.8 Å². The van der Waals surface area contributed by atoms with Crippen LogP contribution in [0.25, 0.3) is 10.5 Å². The van der Waals surface area contributed by atoms with Crippen LogP contribution in [-0.4, -0.2) is 42.6 Å². The van der Waals surface area contributed by atoms with Gasteiger partial charge in [-0.15, -0.1) is 0 Å². The first kappa shape index (κ1) is 19.8. The predicted octanol–water partition coefficient (Wildman–Crippen LogP) is 2.92. The Morgan fingerprint density at radius 1 is 1.29 bits per heavy atom. The van der Waals surface area contributed by atoms with Gasteiger partial charge >= 0.3 is 0 Å². The Labute approximate surface area is 181 Å². The molecule has 0 saturated heterocycles. The molecule has 0 aromatic carbocycles. The number of aliphatic hydroxyl groups excluding tert-OH is 1. The van der Waals surface area contributed by atoms with Crippen LogP contribution in [0, 0.1) is 25.3 Å². The monoisotopic (exact) mass is 420 g/mol. The number of aryl methyl sites for hydroxylation is 1. The number of nitrogen functional groups attached to an aromatic ring is 1. The maximum absolute atomic E-state index is 9.41.